The fourth-order valence-corrected chi connectivity index (χ4v) is 1.85. The topological polar surface area (TPSA) is 59.3 Å². The SMILES string of the molecule is CC(=O)NCc1cc(=O)oc2cc(C)c(C)cc12. The van der Waals surface area contributed by atoms with Crippen molar-refractivity contribution in [3.63, 3.8) is 0 Å². The molecule has 0 atom stereocenters. The second-order valence-electron chi connectivity index (χ2n) is 4.43. The molecule has 0 radical (unpaired) electrons. The highest BCUT2D eigenvalue weighted by molar-refractivity contribution is 5.82. The molecule has 0 saturated heterocycles. The van der Waals surface area contributed by atoms with Gasteiger partial charge in [0, 0.05) is 24.9 Å². The Bertz CT molecular complexity index is 671. The number of hydrogen-bond acceptors (Lipinski definition) is 3. The fourth-order valence-electron chi connectivity index (χ4n) is 1.85. The number of hydrogen-bond donors (Lipinski definition) is 1. The summed E-state index contributed by atoms with van der Waals surface area (Å²) in [7, 11) is 0. The van der Waals surface area contributed by atoms with E-state index in [4.69, 9.17) is 4.42 Å². The smallest absolute Gasteiger partial charge is 0.336 e. The highest BCUT2D eigenvalue weighted by Gasteiger charge is 2.07. The van der Waals surface area contributed by atoms with Crippen molar-refractivity contribution in [3.8, 4) is 0 Å². The summed E-state index contributed by atoms with van der Waals surface area (Å²) < 4.78 is 5.18. The number of amides is 1. The van der Waals surface area contributed by atoms with E-state index in [1.165, 1.54) is 13.0 Å². The van der Waals surface area contributed by atoms with Gasteiger partial charge in [0.25, 0.3) is 0 Å². The lowest BCUT2D eigenvalue weighted by atomic mass is 10.0. The average molecular weight is 245 g/mol. The first-order chi connectivity index (χ1) is 8.47. The molecule has 0 spiro atoms. The van der Waals surface area contributed by atoms with Crippen molar-refractivity contribution in [2.45, 2.75) is 27.3 Å². The van der Waals surface area contributed by atoms with Gasteiger partial charge in [-0.15, -0.1) is 0 Å². The zero-order valence-corrected chi connectivity index (χ0v) is 10.7. The molecule has 0 fully saturated rings. The van der Waals surface area contributed by atoms with Gasteiger partial charge < -0.3 is 9.73 Å². The molecule has 1 aromatic heterocycles. The minimum absolute atomic E-state index is 0.125. The minimum Gasteiger partial charge on any atom is -0.423 e. The number of nitrogens with one attached hydrogen (secondary N) is 1. The summed E-state index contributed by atoms with van der Waals surface area (Å²) in [5.41, 5.74) is 3.14. The van der Waals surface area contributed by atoms with Crippen LogP contribution in [0.1, 0.15) is 23.6 Å². The Balaban J connectivity index is 2.60. The first kappa shape index (κ1) is 12.4. The number of aryl methyl sites for hydroxylation is 2. The van der Waals surface area contributed by atoms with Crippen molar-refractivity contribution in [1.29, 1.82) is 0 Å². The van der Waals surface area contributed by atoms with Crippen LogP contribution in [0.25, 0.3) is 11.0 Å². The number of carbonyl (C=O) groups excluding carboxylic acids is 1. The van der Waals surface area contributed by atoms with Crippen LogP contribution in [0.15, 0.2) is 27.4 Å². The van der Waals surface area contributed by atoms with Crippen molar-refractivity contribution in [2.24, 2.45) is 0 Å². The molecule has 1 aromatic carbocycles. The van der Waals surface area contributed by atoms with Crippen LogP contribution in [0.2, 0.25) is 0 Å². The summed E-state index contributed by atoms with van der Waals surface area (Å²) in [4.78, 5) is 22.4. The third kappa shape index (κ3) is 2.42. The highest BCUT2D eigenvalue weighted by Crippen LogP contribution is 2.21. The van der Waals surface area contributed by atoms with Gasteiger partial charge in [-0.2, -0.15) is 0 Å². The summed E-state index contributed by atoms with van der Waals surface area (Å²) in [5.74, 6) is -0.125. The molecule has 4 heteroatoms. The molecular weight excluding hydrogens is 230 g/mol. The van der Waals surface area contributed by atoms with Gasteiger partial charge in [0.05, 0.1) is 0 Å². The quantitative estimate of drug-likeness (QED) is 0.824. The molecule has 2 aromatic rings. The zero-order valence-electron chi connectivity index (χ0n) is 10.7. The van der Waals surface area contributed by atoms with Gasteiger partial charge >= 0.3 is 5.63 Å². The molecule has 4 nitrogen and oxygen atoms in total. The van der Waals surface area contributed by atoms with E-state index < -0.39 is 5.63 Å². The third-order valence-electron chi connectivity index (χ3n) is 2.97. The second-order valence-corrected chi connectivity index (χ2v) is 4.43. The normalized spacial score (nSPS) is 10.6. The Morgan fingerprint density at radius 3 is 2.56 bits per heavy atom. The van der Waals surface area contributed by atoms with Crippen LogP contribution >= 0.6 is 0 Å². The molecule has 0 aliphatic carbocycles. The molecule has 0 aliphatic rings. The van der Waals surface area contributed by atoms with E-state index in [0.29, 0.717) is 12.1 Å². The molecule has 0 aliphatic heterocycles. The van der Waals surface area contributed by atoms with E-state index >= 15 is 0 Å². The van der Waals surface area contributed by atoms with Crippen LogP contribution in [0, 0.1) is 13.8 Å². The molecule has 94 valence electrons. The van der Waals surface area contributed by atoms with Gasteiger partial charge in [-0.05, 0) is 42.7 Å². The third-order valence-corrected chi connectivity index (χ3v) is 2.97. The van der Waals surface area contributed by atoms with E-state index in [1.807, 2.05) is 26.0 Å². The van der Waals surface area contributed by atoms with Gasteiger partial charge in [-0.25, -0.2) is 4.79 Å². The molecule has 0 unspecified atom stereocenters. The molecule has 1 amide bonds. The zero-order chi connectivity index (χ0) is 13.3. The van der Waals surface area contributed by atoms with Crippen LogP contribution in [0.5, 0.6) is 0 Å². The Morgan fingerprint density at radius 1 is 1.22 bits per heavy atom. The van der Waals surface area contributed by atoms with E-state index in [2.05, 4.69) is 5.32 Å². The number of rotatable bonds is 2. The standard InChI is InChI=1S/C14H15NO3/c1-8-4-12-11(7-15-10(3)16)6-14(17)18-13(12)5-9(8)2/h4-6H,7H2,1-3H3,(H,15,16). The average Bonchev–Trinajstić information content (AvgIpc) is 2.28. The lowest BCUT2D eigenvalue weighted by Gasteiger charge is -2.08. The molecule has 1 heterocycles. The summed E-state index contributed by atoms with van der Waals surface area (Å²) in [6.07, 6.45) is 0. The van der Waals surface area contributed by atoms with Crippen molar-refractivity contribution in [1.82, 2.24) is 5.32 Å². The van der Waals surface area contributed by atoms with Crippen LogP contribution in [-0.4, -0.2) is 5.91 Å². The summed E-state index contributed by atoms with van der Waals surface area (Å²) in [5, 5.41) is 3.56. The van der Waals surface area contributed by atoms with Gasteiger partial charge in [0.15, 0.2) is 0 Å². The van der Waals surface area contributed by atoms with Crippen molar-refractivity contribution >= 4 is 16.9 Å². The Hall–Kier alpha value is -2.10. The lowest BCUT2D eigenvalue weighted by molar-refractivity contribution is -0.119. The van der Waals surface area contributed by atoms with E-state index in [9.17, 15) is 9.59 Å². The maximum Gasteiger partial charge on any atom is 0.336 e. The number of fused-ring (bicyclic) bond motifs is 1. The molecule has 1 N–H and O–H groups in total. The Morgan fingerprint density at radius 2 is 1.89 bits per heavy atom. The largest absolute Gasteiger partial charge is 0.423 e. The number of carbonyl (C=O) groups is 1. The maximum absolute atomic E-state index is 11.5. The predicted molar refractivity (Wildman–Crippen MR) is 69.5 cm³/mol. The van der Waals surface area contributed by atoms with E-state index in [0.717, 1.165) is 22.1 Å². The predicted octanol–water partition coefficient (Wildman–Crippen LogP) is 2.05. The lowest BCUT2D eigenvalue weighted by Crippen LogP contribution is -2.20. The Kier molecular flexibility index (Phi) is 3.19. The summed E-state index contributed by atoms with van der Waals surface area (Å²) in [6, 6.07) is 5.25. The highest BCUT2D eigenvalue weighted by atomic mass is 16.4. The summed E-state index contributed by atoms with van der Waals surface area (Å²) >= 11 is 0. The molecule has 2 rings (SSSR count). The van der Waals surface area contributed by atoms with Crippen LogP contribution in [0.4, 0.5) is 0 Å². The van der Waals surface area contributed by atoms with Crippen LogP contribution in [0.3, 0.4) is 0 Å². The molecular formula is C14H15NO3. The maximum atomic E-state index is 11.5. The first-order valence-electron chi connectivity index (χ1n) is 5.76. The molecule has 0 saturated carbocycles. The first-order valence-corrected chi connectivity index (χ1v) is 5.76. The van der Waals surface area contributed by atoms with Gasteiger partial charge in [-0.3, -0.25) is 4.79 Å². The van der Waals surface area contributed by atoms with Crippen molar-refractivity contribution < 1.29 is 9.21 Å². The van der Waals surface area contributed by atoms with Crippen molar-refractivity contribution in [2.75, 3.05) is 0 Å². The number of benzene rings is 1. The monoisotopic (exact) mass is 245 g/mol. The Labute approximate surface area is 105 Å². The second kappa shape index (κ2) is 4.64. The van der Waals surface area contributed by atoms with Gasteiger partial charge in [0.1, 0.15) is 5.58 Å². The summed E-state index contributed by atoms with van der Waals surface area (Å²) in [6.45, 7) is 5.75. The van der Waals surface area contributed by atoms with Gasteiger partial charge in [-0.1, -0.05) is 0 Å². The van der Waals surface area contributed by atoms with Crippen LogP contribution < -0.4 is 10.9 Å². The van der Waals surface area contributed by atoms with E-state index in [-0.39, 0.29) is 5.91 Å². The van der Waals surface area contributed by atoms with Crippen LogP contribution in [-0.2, 0) is 11.3 Å². The molecule has 0 bridgehead atoms. The minimum atomic E-state index is -0.397. The molecule has 18 heavy (non-hydrogen) atoms. The van der Waals surface area contributed by atoms with E-state index in [1.54, 1.807) is 0 Å². The fraction of sp³-hybridized carbons (Fsp3) is 0.286. The van der Waals surface area contributed by atoms with Crippen molar-refractivity contribution in [3.05, 3.63) is 45.3 Å². The van der Waals surface area contributed by atoms with Gasteiger partial charge in [0.2, 0.25) is 5.91 Å².